The van der Waals surface area contributed by atoms with Crippen molar-refractivity contribution in [2.75, 3.05) is 19.7 Å². The number of benzene rings is 1. The molecule has 2 heterocycles. The summed E-state index contributed by atoms with van der Waals surface area (Å²) in [7, 11) is 0. The summed E-state index contributed by atoms with van der Waals surface area (Å²) in [5.74, 6) is 0.0494. The average Bonchev–Trinajstić information content (AvgIpc) is 2.96. The Morgan fingerprint density at radius 3 is 2.76 bits per heavy atom. The van der Waals surface area contributed by atoms with Crippen molar-refractivity contribution in [3.05, 3.63) is 24.0 Å². The zero-order valence-corrected chi connectivity index (χ0v) is 14.8. The van der Waals surface area contributed by atoms with E-state index in [1.54, 1.807) is 17.0 Å². The van der Waals surface area contributed by atoms with Gasteiger partial charge in [0.25, 0.3) is 5.88 Å². The van der Waals surface area contributed by atoms with Crippen LogP contribution in [0.2, 0.25) is 0 Å². The van der Waals surface area contributed by atoms with Gasteiger partial charge in [-0.2, -0.15) is 0 Å². The van der Waals surface area contributed by atoms with Gasteiger partial charge in [-0.05, 0) is 56.8 Å². The zero-order chi connectivity index (χ0) is 18.0. The fourth-order valence-corrected chi connectivity index (χ4v) is 2.83. The van der Waals surface area contributed by atoms with Gasteiger partial charge in [-0.25, -0.2) is 9.18 Å². The van der Waals surface area contributed by atoms with E-state index in [-0.39, 0.29) is 23.3 Å². The van der Waals surface area contributed by atoms with Crippen LogP contribution in [0.3, 0.4) is 0 Å². The van der Waals surface area contributed by atoms with E-state index in [9.17, 15) is 9.18 Å². The van der Waals surface area contributed by atoms with Gasteiger partial charge in [0.2, 0.25) is 0 Å². The molecule has 6 nitrogen and oxygen atoms in total. The number of aromatic nitrogens is 1. The molecular formula is C18H23FN2O4. The van der Waals surface area contributed by atoms with Crippen molar-refractivity contribution in [1.29, 1.82) is 0 Å². The Hall–Kier alpha value is -2.31. The summed E-state index contributed by atoms with van der Waals surface area (Å²) < 4.78 is 30.0. The highest BCUT2D eigenvalue weighted by atomic mass is 19.1. The summed E-state index contributed by atoms with van der Waals surface area (Å²) in [4.78, 5) is 13.8. The Balaban J connectivity index is 1.52. The number of carbonyl (C=O) groups excluding carboxylic acids is 1. The molecule has 7 heteroatoms. The average molecular weight is 350 g/mol. The van der Waals surface area contributed by atoms with Crippen molar-refractivity contribution in [2.45, 2.75) is 39.2 Å². The number of piperidine rings is 1. The summed E-state index contributed by atoms with van der Waals surface area (Å²) in [5.41, 5.74) is -0.121. The number of amides is 1. The number of ether oxygens (including phenoxy) is 2. The van der Waals surface area contributed by atoms with Crippen LogP contribution in [0.4, 0.5) is 9.18 Å². The third-order valence-electron chi connectivity index (χ3n) is 4.14. The molecule has 1 aromatic heterocycles. The summed E-state index contributed by atoms with van der Waals surface area (Å²) in [6, 6.07) is 4.57. The van der Waals surface area contributed by atoms with Crippen LogP contribution in [0.1, 0.15) is 33.6 Å². The lowest BCUT2D eigenvalue weighted by Gasteiger charge is -2.33. The largest absolute Gasteiger partial charge is 0.475 e. The van der Waals surface area contributed by atoms with Crippen LogP contribution in [-0.2, 0) is 4.74 Å². The van der Waals surface area contributed by atoms with Crippen molar-refractivity contribution < 1.29 is 23.2 Å². The second-order valence-electron chi connectivity index (χ2n) is 7.32. The first-order valence-electron chi connectivity index (χ1n) is 8.48. The molecule has 2 aromatic rings. The molecule has 3 rings (SSSR count). The van der Waals surface area contributed by atoms with Crippen molar-refractivity contribution in [2.24, 2.45) is 5.92 Å². The fourth-order valence-electron chi connectivity index (χ4n) is 2.83. The molecule has 0 spiro atoms. The van der Waals surface area contributed by atoms with Gasteiger partial charge in [0.15, 0.2) is 5.58 Å². The van der Waals surface area contributed by atoms with Crippen molar-refractivity contribution in [3.63, 3.8) is 0 Å². The molecule has 0 unspecified atom stereocenters. The summed E-state index contributed by atoms with van der Waals surface area (Å²) in [5, 5.41) is 4.07. The zero-order valence-electron chi connectivity index (χ0n) is 14.8. The van der Waals surface area contributed by atoms with Gasteiger partial charge >= 0.3 is 6.09 Å². The van der Waals surface area contributed by atoms with Gasteiger partial charge in [-0.15, -0.1) is 0 Å². The highest BCUT2D eigenvalue weighted by molar-refractivity contribution is 5.82. The first-order valence-corrected chi connectivity index (χ1v) is 8.48. The Labute approximate surface area is 145 Å². The molecule has 1 aliphatic rings. The minimum Gasteiger partial charge on any atom is -0.475 e. The first kappa shape index (κ1) is 17.5. The Morgan fingerprint density at radius 1 is 1.36 bits per heavy atom. The molecule has 1 saturated heterocycles. The van der Waals surface area contributed by atoms with E-state index in [0.717, 1.165) is 12.8 Å². The normalized spacial score (nSPS) is 16.2. The second kappa shape index (κ2) is 6.90. The Morgan fingerprint density at radius 2 is 2.08 bits per heavy atom. The fraction of sp³-hybridized carbons (Fsp3) is 0.556. The maximum atomic E-state index is 13.9. The SMILES string of the molecule is CC(C)(C)OC(=O)N1CCC(COc2noc3cccc(F)c23)CC1. The maximum Gasteiger partial charge on any atom is 0.410 e. The third-order valence-corrected chi connectivity index (χ3v) is 4.14. The molecule has 0 radical (unpaired) electrons. The number of carbonyl (C=O) groups is 1. The Kier molecular flexibility index (Phi) is 4.83. The maximum absolute atomic E-state index is 13.9. The van der Waals surface area contributed by atoms with Crippen LogP contribution in [-0.4, -0.2) is 41.4 Å². The van der Waals surface area contributed by atoms with Crippen LogP contribution < -0.4 is 4.74 Å². The lowest BCUT2D eigenvalue weighted by atomic mass is 9.98. The monoisotopic (exact) mass is 350 g/mol. The molecule has 0 atom stereocenters. The van der Waals surface area contributed by atoms with Gasteiger partial charge < -0.3 is 18.9 Å². The predicted octanol–water partition coefficient (Wildman–Crippen LogP) is 3.99. The van der Waals surface area contributed by atoms with E-state index in [1.165, 1.54) is 6.07 Å². The molecule has 0 aliphatic carbocycles. The molecule has 25 heavy (non-hydrogen) atoms. The van der Waals surface area contributed by atoms with Gasteiger partial charge in [0, 0.05) is 13.1 Å². The molecule has 0 bridgehead atoms. The molecule has 1 amide bonds. The van der Waals surface area contributed by atoms with Crippen molar-refractivity contribution in [1.82, 2.24) is 10.1 Å². The minimum absolute atomic E-state index is 0.183. The quantitative estimate of drug-likeness (QED) is 0.837. The van der Waals surface area contributed by atoms with E-state index in [1.807, 2.05) is 20.8 Å². The van der Waals surface area contributed by atoms with E-state index in [0.29, 0.717) is 25.3 Å². The third kappa shape index (κ3) is 4.21. The van der Waals surface area contributed by atoms with E-state index in [4.69, 9.17) is 14.0 Å². The van der Waals surface area contributed by atoms with Gasteiger partial charge in [-0.1, -0.05) is 6.07 Å². The van der Waals surface area contributed by atoms with Gasteiger partial charge in [0.05, 0.1) is 6.61 Å². The topological polar surface area (TPSA) is 64.8 Å². The molecule has 1 fully saturated rings. The van der Waals surface area contributed by atoms with Crippen molar-refractivity contribution in [3.8, 4) is 5.88 Å². The Bertz CT molecular complexity index is 745. The van der Waals surface area contributed by atoms with Crippen molar-refractivity contribution >= 4 is 17.1 Å². The van der Waals surface area contributed by atoms with Crippen LogP contribution in [0.25, 0.3) is 11.0 Å². The predicted molar refractivity (Wildman–Crippen MR) is 90.0 cm³/mol. The lowest BCUT2D eigenvalue weighted by Crippen LogP contribution is -2.42. The standard InChI is InChI=1S/C18H23FN2O4/c1-18(2,3)24-17(22)21-9-7-12(8-10-21)11-23-16-15-13(19)5-4-6-14(15)25-20-16/h4-6,12H,7-11H2,1-3H3. The van der Waals surface area contributed by atoms with Gasteiger partial charge in [0.1, 0.15) is 16.8 Å². The number of hydrogen-bond acceptors (Lipinski definition) is 5. The van der Waals surface area contributed by atoms with E-state index in [2.05, 4.69) is 5.16 Å². The highest BCUT2D eigenvalue weighted by Crippen LogP contribution is 2.28. The smallest absolute Gasteiger partial charge is 0.410 e. The number of rotatable bonds is 3. The lowest BCUT2D eigenvalue weighted by molar-refractivity contribution is 0.0164. The number of likely N-dealkylation sites (tertiary alicyclic amines) is 1. The molecule has 1 aromatic carbocycles. The number of hydrogen-bond donors (Lipinski definition) is 0. The summed E-state index contributed by atoms with van der Waals surface area (Å²) >= 11 is 0. The highest BCUT2D eigenvalue weighted by Gasteiger charge is 2.27. The van der Waals surface area contributed by atoms with Crippen LogP contribution in [0, 0.1) is 11.7 Å². The van der Waals surface area contributed by atoms with Crippen LogP contribution in [0.5, 0.6) is 5.88 Å². The van der Waals surface area contributed by atoms with Gasteiger partial charge in [-0.3, -0.25) is 0 Å². The molecule has 1 aliphatic heterocycles. The molecule has 0 saturated carbocycles. The number of halogens is 1. The minimum atomic E-state index is -0.491. The van der Waals surface area contributed by atoms with Crippen LogP contribution in [0.15, 0.2) is 22.7 Å². The molecular weight excluding hydrogens is 327 g/mol. The molecule has 0 N–H and O–H groups in total. The first-order chi connectivity index (χ1) is 11.8. The summed E-state index contributed by atoms with van der Waals surface area (Å²) in [6.07, 6.45) is 1.33. The number of fused-ring (bicyclic) bond motifs is 1. The second-order valence-corrected chi connectivity index (χ2v) is 7.32. The number of nitrogens with zero attached hydrogens (tertiary/aromatic N) is 2. The summed E-state index contributed by atoms with van der Waals surface area (Å²) in [6.45, 7) is 7.22. The van der Waals surface area contributed by atoms with E-state index < -0.39 is 11.4 Å². The van der Waals surface area contributed by atoms with E-state index >= 15 is 0 Å². The molecule has 136 valence electrons. The van der Waals surface area contributed by atoms with Crippen LogP contribution >= 0.6 is 0 Å².